The van der Waals surface area contributed by atoms with Crippen molar-refractivity contribution >= 4 is 6.09 Å². The topological polar surface area (TPSA) is 74.1 Å². The smallest absolute Gasteiger partial charge is 0.407 e. The lowest BCUT2D eigenvalue weighted by molar-refractivity contribution is 0.0501. The van der Waals surface area contributed by atoms with Crippen molar-refractivity contribution in [3.05, 3.63) is 0 Å². The molecule has 1 saturated carbocycles. The molecule has 114 valence electrons. The van der Waals surface area contributed by atoms with Gasteiger partial charge in [0.2, 0.25) is 0 Å². The first-order chi connectivity index (χ1) is 9.31. The molecule has 1 aliphatic rings. The molecule has 1 amide bonds. The van der Waals surface area contributed by atoms with Crippen molar-refractivity contribution in [1.82, 2.24) is 10.6 Å². The molecule has 2 atom stereocenters. The summed E-state index contributed by atoms with van der Waals surface area (Å²) in [5.41, 5.74) is -0.525. The predicted molar refractivity (Wildman–Crippen MR) is 78.2 cm³/mol. The van der Waals surface area contributed by atoms with Crippen molar-refractivity contribution in [2.75, 3.05) is 0 Å². The van der Waals surface area contributed by atoms with E-state index in [1.807, 2.05) is 27.7 Å². The third-order valence-electron chi connectivity index (χ3n) is 3.40. The lowest BCUT2D eigenvalue weighted by Crippen LogP contribution is -2.51. The Balaban J connectivity index is 2.44. The molecule has 0 aromatic rings. The first-order valence-corrected chi connectivity index (χ1v) is 7.47. The predicted octanol–water partition coefficient (Wildman–Crippen LogP) is 2.71. The number of nitriles is 1. The number of ether oxygens (including phenoxy) is 1. The molecule has 0 aromatic carbocycles. The van der Waals surface area contributed by atoms with Crippen molar-refractivity contribution < 1.29 is 9.53 Å². The second-order valence-corrected chi connectivity index (χ2v) is 6.54. The first-order valence-electron chi connectivity index (χ1n) is 7.47. The summed E-state index contributed by atoms with van der Waals surface area (Å²) in [6, 6.07) is 1.96. The second kappa shape index (κ2) is 7.49. The van der Waals surface area contributed by atoms with Gasteiger partial charge in [-0.3, -0.25) is 5.32 Å². The minimum atomic E-state index is -0.525. The zero-order valence-electron chi connectivity index (χ0n) is 13.0. The number of carbonyl (C=O) groups is 1. The third-order valence-corrected chi connectivity index (χ3v) is 3.40. The summed E-state index contributed by atoms with van der Waals surface area (Å²) in [4.78, 5) is 11.7. The van der Waals surface area contributed by atoms with E-state index in [4.69, 9.17) is 4.74 Å². The number of carbonyl (C=O) groups excluding carboxylic acids is 1. The van der Waals surface area contributed by atoms with Crippen molar-refractivity contribution in [2.45, 2.75) is 83.5 Å². The van der Waals surface area contributed by atoms with Crippen molar-refractivity contribution in [2.24, 2.45) is 0 Å². The van der Waals surface area contributed by atoms with E-state index in [0.29, 0.717) is 6.04 Å². The van der Waals surface area contributed by atoms with Crippen LogP contribution in [-0.2, 0) is 4.74 Å². The molecule has 20 heavy (non-hydrogen) atoms. The number of amides is 1. The van der Waals surface area contributed by atoms with Crippen molar-refractivity contribution in [1.29, 1.82) is 5.26 Å². The van der Waals surface area contributed by atoms with Gasteiger partial charge in [0.15, 0.2) is 0 Å². The van der Waals surface area contributed by atoms with Crippen molar-refractivity contribution in [3.63, 3.8) is 0 Å². The van der Waals surface area contributed by atoms with E-state index in [1.165, 1.54) is 19.3 Å². The average molecular weight is 281 g/mol. The lowest BCUT2D eigenvalue weighted by Gasteiger charge is -2.29. The lowest BCUT2D eigenvalue weighted by atomic mass is 9.94. The largest absolute Gasteiger partial charge is 0.444 e. The van der Waals surface area contributed by atoms with Crippen LogP contribution in [0.3, 0.4) is 0 Å². The quantitative estimate of drug-likeness (QED) is 0.831. The monoisotopic (exact) mass is 281 g/mol. The maximum Gasteiger partial charge on any atom is 0.407 e. The summed E-state index contributed by atoms with van der Waals surface area (Å²) in [7, 11) is 0. The number of nitrogens with zero attached hydrogens (tertiary/aromatic N) is 1. The van der Waals surface area contributed by atoms with E-state index >= 15 is 0 Å². The summed E-state index contributed by atoms with van der Waals surface area (Å²) in [5, 5.41) is 15.3. The van der Waals surface area contributed by atoms with Crippen LogP contribution in [0, 0.1) is 11.3 Å². The third kappa shape index (κ3) is 6.25. The summed E-state index contributed by atoms with van der Waals surface area (Å²) in [6.45, 7) is 7.28. The van der Waals surface area contributed by atoms with Crippen LogP contribution < -0.4 is 10.6 Å². The van der Waals surface area contributed by atoms with Gasteiger partial charge in [-0.2, -0.15) is 5.26 Å². The fourth-order valence-electron chi connectivity index (χ4n) is 2.39. The van der Waals surface area contributed by atoms with E-state index in [2.05, 4.69) is 16.7 Å². The molecular weight excluding hydrogens is 254 g/mol. The number of rotatable bonds is 4. The second-order valence-electron chi connectivity index (χ2n) is 6.54. The number of hydrogen-bond donors (Lipinski definition) is 2. The fourth-order valence-corrected chi connectivity index (χ4v) is 2.39. The molecule has 0 aromatic heterocycles. The van der Waals surface area contributed by atoms with E-state index in [1.54, 1.807) is 0 Å². The molecule has 0 spiro atoms. The van der Waals surface area contributed by atoms with E-state index in [9.17, 15) is 10.1 Å². The summed E-state index contributed by atoms with van der Waals surface area (Å²) >= 11 is 0. The van der Waals surface area contributed by atoms with Crippen LogP contribution >= 0.6 is 0 Å². The minimum Gasteiger partial charge on any atom is -0.444 e. The molecule has 5 heteroatoms. The molecule has 5 nitrogen and oxygen atoms in total. The number of nitrogens with one attached hydrogen (secondary N) is 2. The molecular formula is C15H27N3O2. The van der Waals surface area contributed by atoms with Gasteiger partial charge in [0, 0.05) is 6.04 Å². The van der Waals surface area contributed by atoms with Gasteiger partial charge >= 0.3 is 6.09 Å². The van der Waals surface area contributed by atoms with Gasteiger partial charge < -0.3 is 10.1 Å². The van der Waals surface area contributed by atoms with Gasteiger partial charge in [0.1, 0.15) is 11.6 Å². The maximum atomic E-state index is 11.7. The molecule has 0 bridgehead atoms. The van der Waals surface area contributed by atoms with Crippen molar-refractivity contribution in [3.8, 4) is 6.07 Å². The van der Waals surface area contributed by atoms with Crippen LogP contribution in [0.5, 0.6) is 0 Å². The Morgan fingerprint density at radius 2 is 1.90 bits per heavy atom. The van der Waals surface area contributed by atoms with Gasteiger partial charge in [0.25, 0.3) is 0 Å². The Morgan fingerprint density at radius 1 is 1.30 bits per heavy atom. The Kier molecular flexibility index (Phi) is 6.28. The molecule has 0 saturated heterocycles. The number of hydrogen-bond acceptors (Lipinski definition) is 4. The zero-order valence-corrected chi connectivity index (χ0v) is 13.0. The highest BCUT2D eigenvalue weighted by Crippen LogP contribution is 2.18. The molecule has 1 fully saturated rings. The minimum absolute atomic E-state index is 0.281. The Morgan fingerprint density at radius 3 is 2.40 bits per heavy atom. The van der Waals surface area contributed by atoms with Crippen LogP contribution in [0.4, 0.5) is 4.79 Å². The molecule has 1 aliphatic carbocycles. The SMILES string of the molecule is CC(NC(=O)OC(C)(C)C)C(C#N)NC1CCCCC1. The Hall–Kier alpha value is -1.28. The van der Waals surface area contributed by atoms with Crippen LogP contribution in [0.15, 0.2) is 0 Å². The van der Waals surface area contributed by atoms with Crippen LogP contribution in [0.25, 0.3) is 0 Å². The van der Waals surface area contributed by atoms with E-state index < -0.39 is 11.7 Å². The highest BCUT2D eigenvalue weighted by Gasteiger charge is 2.25. The summed E-state index contributed by atoms with van der Waals surface area (Å²) < 4.78 is 5.21. The van der Waals surface area contributed by atoms with E-state index in [0.717, 1.165) is 12.8 Å². The molecule has 2 unspecified atom stereocenters. The molecule has 0 radical (unpaired) electrons. The van der Waals surface area contributed by atoms with Gasteiger partial charge in [-0.05, 0) is 40.5 Å². The van der Waals surface area contributed by atoms with Crippen LogP contribution in [0.1, 0.15) is 59.8 Å². The van der Waals surface area contributed by atoms with Gasteiger partial charge in [0.05, 0.1) is 12.1 Å². The average Bonchev–Trinajstić information content (AvgIpc) is 2.34. The fraction of sp³-hybridized carbons (Fsp3) is 0.867. The molecule has 0 aliphatic heterocycles. The standard InChI is InChI=1S/C15H27N3O2/c1-11(17-14(19)20-15(2,3)4)13(10-16)18-12-8-6-5-7-9-12/h11-13,18H,5-9H2,1-4H3,(H,17,19). The molecule has 2 N–H and O–H groups in total. The highest BCUT2D eigenvalue weighted by molar-refractivity contribution is 5.68. The van der Waals surface area contributed by atoms with Crippen LogP contribution in [-0.4, -0.2) is 29.8 Å². The first kappa shape index (κ1) is 16.8. The Bertz CT molecular complexity index is 351. The maximum absolute atomic E-state index is 11.7. The van der Waals surface area contributed by atoms with Gasteiger partial charge in [-0.25, -0.2) is 4.79 Å². The van der Waals surface area contributed by atoms with Gasteiger partial charge in [-0.1, -0.05) is 19.3 Å². The summed E-state index contributed by atoms with van der Waals surface area (Å²) in [6.07, 6.45) is 5.44. The summed E-state index contributed by atoms with van der Waals surface area (Å²) in [5.74, 6) is 0. The van der Waals surface area contributed by atoms with E-state index in [-0.39, 0.29) is 12.1 Å². The molecule has 0 heterocycles. The molecule has 1 rings (SSSR count). The number of alkyl carbamates (subject to hydrolysis) is 1. The normalized spacial score (nSPS) is 19.8. The zero-order chi connectivity index (χ0) is 15.2. The highest BCUT2D eigenvalue weighted by atomic mass is 16.6. The van der Waals surface area contributed by atoms with Crippen LogP contribution in [0.2, 0.25) is 0 Å². The Labute approximate surface area is 122 Å². The van der Waals surface area contributed by atoms with Gasteiger partial charge in [-0.15, -0.1) is 0 Å².